The molecule has 1 N–H and O–H groups in total. The Morgan fingerprint density at radius 1 is 0.962 bits per heavy atom. The third-order valence-electron chi connectivity index (χ3n) is 4.06. The molecule has 0 fully saturated rings. The van der Waals surface area contributed by atoms with Crippen LogP contribution in [0.25, 0.3) is 0 Å². The molecule has 0 aliphatic rings. The van der Waals surface area contributed by atoms with Gasteiger partial charge < -0.3 is 10.2 Å². The van der Waals surface area contributed by atoms with Crippen molar-refractivity contribution in [2.24, 2.45) is 0 Å². The molecule has 26 heavy (non-hydrogen) atoms. The second-order valence-corrected chi connectivity index (χ2v) is 5.97. The molecule has 6 nitrogen and oxygen atoms in total. The van der Waals surface area contributed by atoms with Crippen LogP contribution in [0.15, 0.2) is 67.0 Å². The lowest BCUT2D eigenvalue weighted by Gasteiger charge is -2.17. The van der Waals surface area contributed by atoms with Gasteiger partial charge in [-0.3, -0.25) is 9.78 Å². The summed E-state index contributed by atoms with van der Waals surface area (Å²) >= 11 is 0. The molecule has 132 valence electrons. The molecule has 0 saturated carbocycles. The van der Waals surface area contributed by atoms with E-state index in [1.807, 2.05) is 60.5 Å². The third kappa shape index (κ3) is 4.86. The quantitative estimate of drug-likeness (QED) is 0.711. The molecule has 0 aliphatic carbocycles. The predicted octanol–water partition coefficient (Wildman–Crippen LogP) is 2.48. The molecule has 0 aliphatic heterocycles. The van der Waals surface area contributed by atoms with E-state index in [0.717, 1.165) is 24.3 Å². The Morgan fingerprint density at radius 2 is 1.73 bits per heavy atom. The molecule has 1 amide bonds. The van der Waals surface area contributed by atoms with E-state index >= 15 is 0 Å². The van der Waals surface area contributed by atoms with Gasteiger partial charge in [-0.15, -0.1) is 10.2 Å². The first-order valence-corrected chi connectivity index (χ1v) is 8.48. The summed E-state index contributed by atoms with van der Waals surface area (Å²) in [5.74, 6) is 0.506. The zero-order chi connectivity index (χ0) is 18.2. The summed E-state index contributed by atoms with van der Waals surface area (Å²) < 4.78 is 0. The first kappa shape index (κ1) is 17.5. The van der Waals surface area contributed by atoms with Gasteiger partial charge in [0, 0.05) is 32.5 Å². The summed E-state index contributed by atoms with van der Waals surface area (Å²) in [5.41, 5.74) is 2.57. The Hall–Kier alpha value is -3.28. The zero-order valence-corrected chi connectivity index (χ0v) is 14.7. The van der Waals surface area contributed by atoms with E-state index in [1.165, 1.54) is 5.56 Å². The predicted molar refractivity (Wildman–Crippen MR) is 101 cm³/mol. The molecule has 2 heterocycles. The number of amides is 1. The molecule has 0 atom stereocenters. The van der Waals surface area contributed by atoms with Gasteiger partial charge in [-0.2, -0.15) is 0 Å². The first-order valence-electron chi connectivity index (χ1n) is 8.48. The van der Waals surface area contributed by atoms with Crippen molar-refractivity contribution in [2.75, 3.05) is 18.5 Å². The molecule has 3 rings (SSSR count). The maximum atomic E-state index is 12.2. The number of anilines is 1. The first-order chi connectivity index (χ1) is 12.7. The van der Waals surface area contributed by atoms with E-state index in [0.29, 0.717) is 12.2 Å². The van der Waals surface area contributed by atoms with Crippen LogP contribution in [0.4, 0.5) is 5.82 Å². The maximum absolute atomic E-state index is 12.2. The van der Waals surface area contributed by atoms with Crippen LogP contribution < -0.4 is 10.2 Å². The van der Waals surface area contributed by atoms with Crippen LogP contribution in [0.3, 0.4) is 0 Å². The summed E-state index contributed by atoms with van der Waals surface area (Å²) in [5, 5.41) is 11.1. The molecule has 3 aromatic rings. The number of benzene rings is 1. The number of rotatable bonds is 7. The molecule has 0 unspecified atom stereocenters. The molecule has 0 saturated heterocycles. The Balaban J connectivity index is 1.53. The second-order valence-electron chi connectivity index (χ2n) is 5.97. The summed E-state index contributed by atoms with van der Waals surface area (Å²) in [6.07, 6.45) is 4.47. The van der Waals surface area contributed by atoms with Crippen LogP contribution in [0.2, 0.25) is 0 Å². The highest BCUT2D eigenvalue weighted by atomic mass is 16.1. The Morgan fingerprint density at radius 3 is 2.42 bits per heavy atom. The molecule has 6 heteroatoms. The van der Waals surface area contributed by atoms with Crippen molar-refractivity contribution in [3.05, 3.63) is 83.8 Å². The Kier molecular flexibility index (Phi) is 5.88. The number of pyridine rings is 1. The number of hydrogen-bond acceptors (Lipinski definition) is 5. The van der Waals surface area contributed by atoms with Crippen molar-refractivity contribution in [3.8, 4) is 0 Å². The van der Waals surface area contributed by atoms with E-state index < -0.39 is 0 Å². The fourth-order valence-corrected chi connectivity index (χ4v) is 2.48. The van der Waals surface area contributed by atoms with E-state index in [2.05, 4.69) is 20.5 Å². The van der Waals surface area contributed by atoms with E-state index in [1.54, 1.807) is 18.5 Å². The van der Waals surface area contributed by atoms with Crippen molar-refractivity contribution in [3.63, 3.8) is 0 Å². The summed E-state index contributed by atoms with van der Waals surface area (Å²) in [6, 6.07) is 17.3. The fourth-order valence-electron chi connectivity index (χ4n) is 2.48. The summed E-state index contributed by atoms with van der Waals surface area (Å²) in [7, 11) is 1.96. The average molecular weight is 347 g/mol. The Bertz CT molecular complexity index is 822. The van der Waals surface area contributed by atoms with Gasteiger partial charge in [-0.1, -0.05) is 30.3 Å². The lowest BCUT2D eigenvalue weighted by Crippen LogP contribution is -2.25. The molecule has 1 aromatic carbocycles. The van der Waals surface area contributed by atoms with Crippen molar-refractivity contribution in [1.82, 2.24) is 20.5 Å². The van der Waals surface area contributed by atoms with Crippen molar-refractivity contribution < 1.29 is 4.79 Å². The number of likely N-dealkylation sites (N-methyl/N-ethyl adjacent to an activating group) is 1. The number of nitrogens with one attached hydrogen (secondary N) is 1. The average Bonchev–Trinajstić information content (AvgIpc) is 2.72. The van der Waals surface area contributed by atoms with Crippen molar-refractivity contribution in [1.29, 1.82) is 0 Å². The smallest absolute Gasteiger partial charge is 0.272 e. The highest BCUT2D eigenvalue weighted by molar-refractivity contribution is 5.92. The standard InChI is InChI=1S/C20H21N5O/c1-25(14-11-16-9-12-21-13-10-16)19-8-7-18(23-24-19)20(26)22-15-17-5-3-2-4-6-17/h2-10,12-13H,11,14-15H2,1H3,(H,22,26). The van der Waals surface area contributed by atoms with E-state index in [9.17, 15) is 4.79 Å². The number of nitrogens with zero attached hydrogens (tertiary/aromatic N) is 4. The molecule has 0 radical (unpaired) electrons. The van der Waals surface area contributed by atoms with Crippen LogP contribution in [-0.2, 0) is 13.0 Å². The number of carbonyl (C=O) groups excluding carboxylic acids is 1. The van der Waals surface area contributed by atoms with Crippen LogP contribution in [-0.4, -0.2) is 34.7 Å². The van der Waals surface area contributed by atoms with Gasteiger partial charge in [-0.25, -0.2) is 0 Å². The number of aromatic nitrogens is 3. The SMILES string of the molecule is CN(CCc1ccncc1)c1ccc(C(=O)NCc2ccccc2)nn1. The third-order valence-corrected chi connectivity index (χ3v) is 4.06. The summed E-state index contributed by atoms with van der Waals surface area (Å²) in [4.78, 5) is 18.2. The number of hydrogen-bond donors (Lipinski definition) is 1. The van der Waals surface area contributed by atoms with Crippen molar-refractivity contribution in [2.45, 2.75) is 13.0 Å². The summed E-state index contributed by atoms with van der Waals surface area (Å²) in [6.45, 7) is 1.27. The zero-order valence-electron chi connectivity index (χ0n) is 14.7. The van der Waals surface area contributed by atoms with Crippen LogP contribution >= 0.6 is 0 Å². The lowest BCUT2D eigenvalue weighted by molar-refractivity contribution is 0.0945. The van der Waals surface area contributed by atoms with Gasteiger partial charge in [0.2, 0.25) is 0 Å². The molecular weight excluding hydrogens is 326 g/mol. The normalized spacial score (nSPS) is 10.3. The van der Waals surface area contributed by atoms with Crippen molar-refractivity contribution >= 4 is 11.7 Å². The molecule has 0 bridgehead atoms. The van der Waals surface area contributed by atoms with Gasteiger partial charge in [0.15, 0.2) is 11.5 Å². The highest BCUT2D eigenvalue weighted by Crippen LogP contribution is 2.09. The van der Waals surface area contributed by atoms with Gasteiger partial charge in [0.1, 0.15) is 0 Å². The fraction of sp³-hybridized carbons (Fsp3) is 0.200. The highest BCUT2D eigenvalue weighted by Gasteiger charge is 2.10. The minimum Gasteiger partial charge on any atom is -0.358 e. The minimum atomic E-state index is -0.229. The van der Waals surface area contributed by atoms with E-state index in [-0.39, 0.29) is 5.91 Å². The van der Waals surface area contributed by atoms with Gasteiger partial charge in [0.05, 0.1) is 0 Å². The van der Waals surface area contributed by atoms with Gasteiger partial charge in [0.25, 0.3) is 5.91 Å². The molecular formula is C20H21N5O. The molecule has 0 spiro atoms. The van der Waals surface area contributed by atoms with Gasteiger partial charge in [-0.05, 0) is 41.8 Å². The topological polar surface area (TPSA) is 71.0 Å². The largest absolute Gasteiger partial charge is 0.358 e. The minimum absolute atomic E-state index is 0.229. The maximum Gasteiger partial charge on any atom is 0.272 e. The van der Waals surface area contributed by atoms with Gasteiger partial charge >= 0.3 is 0 Å². The van der Waals surface area contributed by atoms with Crippen LogP contribution in [0.5, 0.6) is 0 Å². The van der Waals surface area contributed by atoms with E-state index in [4.69, 9.17) is 0 Å². The number of carbonyl (C=O) groups is 1. The van der Waals surface area contributed by atoms with Crippen LogP contribution in [0, 0.1) is 0 Å². The lowest BCUT2D eigenvalue weighted by atomic mass is 10.2. The van der Waals surface area contributed by atoms with Crippen LogP contribution in [0.1, 0.15) is 21.6 Å². The second kappa shape index (κ2) is 8.71. The monoisotopic (exact) mass is 347 g/mol. The Labute approximate surface area is 152 Å². The molecule has 2 aromatic heterocycles.